The molecular weight excluding hydrogens is 295 g/mol. The van der Waals surface area contributed by atoms with Crippen LogP contribution in [0.15, 0.2) is 42.5 Å². The lowest BCUT2D eigenvalue weighted by atomic mass is 10.1. The zero-order valence-electron chi connectivity index (χ0n) is 12.0. The van der Waals surface area contributed by atoms with Gasteiger partial charge in [-0.2, -0.15) is 13.2 Å². The van der Waals surface area contributed by atoms with Crippen molar-refractivity contribution < 1.29 is 22.7 Å². The number of benzene rings is 2. The number of rotatable bonds is 3. The van der Waals surface area contributed by atoms with Gasteiger partial charge in [-0.05, 0) is 55.0 Å². The second-order valence-electron chi connectivity index (χ2n) is 4.71. The summed E-state index contributed by atoms with van der Waals surface area (Å²) in [6, 6.07) is 9.19. The van der Waals surface area contributed by atoms with Crippen molar-refractivity contribution in [3.05, 3.63) is 59.2 Å². The molecule has 0 aliphatic carbocycles. The number of carbonyl (C=O) groups excluding carboxylic acids is 1. The summed E-state index contributed by atoms with van der Waals surface area (Å²) in [6.45, 7) is 1.80. The Morgan fingerprint density at radius 3 is 2.23 bits per heavy atom. The Labute approximate surface area is 125 Å². The fourth-order valence-corrected chi connectivity index (χ4v) is 1.97. The minimum atomic E-state index is -4.39. The number of aryl methyl sites for hydroxylation is 1. The Bertz CT molecular complexity index is 679. The number of carbonyl (C=O) groups is 1. The highest BCUT2D eigenvalue weighted by atomic mass is 19.4. The standard InChI is InChI=1S/C16H14F3NO2/c1-10-9-11(3-8-14(10)22-2)15(21)20-13-6-4-12(5-7-13)16(17,18)19/h3-9H,1-2H3,(H,20,21). The topological polar surface area (TPSA) is 38.3 Å². The van der Waals surface area contributed by atoms with Crippen LogP contribution in [0, 0.1) is 6.92 Å². The van der Waals surface area contributed by atoms with Gasteiger partial charge in [0.15, 0.2) is 0 Å². The molecule has 2 rings (SSSR count). The van der Waals surface area contributed by atoms with Gasteiger partial charge in [-0.3, -0.25) is 4.79 Å². The second-order valence-corrected chi connectivity index (χ2v) is 4.71. The van der Waals surface area contributed by atoms with Crippen molar-refractivity contribution in [1.82, 2.24) is 0 Å². The molecule has 22 heavy (non-hydrogen) atoms. The zero-order valence-corrected chi connectivity index (χ0v) is 12.0. The van der Waals surface area contributed by atoms with E-state index in [-0.39, 0.29) is 0 Å². The van der Waals surface area contributed by atoms with Crippen LogP contribution in [0.3, 0.4) is 0 Å². The predicted molar refractivity (Wildman–Crippen MR) is 77.1 cm³/mol. The molecule has 0 spiro atoms. The Balaban J connectivity index is 2.13. The number of hydrogen-bond acceptors (Lipinski definition) is 2. The van der Waals surface area contributed by atoms with Crippen LogP contribution in [0.2, 0.25) is 0 Å². The zero-order chi connectivity index (χ0) is 16.3. The highest BCUT2D eigenvalue weighted by molar-refractivity contribution is 6.04. The van der Waals surface area contributed by atoms with Gasteiger partial charge < -0.3 is 10.1 Å². The van der Waals surface area contributed by atoms with Gasteiger partial charge >= 0.3 is 6.18 Å². The summed E-state index contributed by atoms with van der Waals surface area (Å²) in [5.41, 5.74) is 0.734. The Morgan fingerprint density at radius 1 is 1.09 bits per heavy atom. The van der Waals surface area contributed by atoms with Crippen molar-refractivity contribution >= 4 is 11.6 Å². The number of ether oxygens (including phenoxy) is 1. The summed E-state index contributed by atoms with van der Waals surface area (Å²) in [7, 11) is 1.53. The number of halogens is 3. The molecule has 2 aromatic rings. The van der Waals surface area contributed by atoms with Gasteiger partial charge in [0.25, 0.3) is 5.91 Å². The van der Waals surface area contributed by atoms with Crippen molar-refractivity contribution in [2.45, 2.75) is 13.1 Å². The van der Waals surface area contributed by atoms with Crippen molar-refractivity contribution in [3.8, 4) is 5.75 Å². The summed E-state index contributed by atoms with van der Waals surface area (Å²) in [6.07, 6.45) is -4.39. The molecule has 0 saturated heterocycles. The molecular formula is C16H14F3NO2. The van der Waals surface area contributed by atoms with Crippen molar-refractivity contribution in [1.29, 1.82) is 0 Å². The molecule has 116 valence electrons. The number of hydrogen-bond donors (Lipinski definition) is 1. The average Bonchev–Trinajstić information content (AvgIpc) is 2.46. The summed E-state index contributed by atoms with van der Waals surface area (Å²) < 4.78 is 42.5. The number of alkyl halides is 3. The average molecular weight is 309 g/mol. The minimum Gasteiger partial charge on any atom is -0.496 e. The van der Waals surface area contributed by atoms with Crippen molar-refractivity contribution in [3.63, 3.8) is 0 Å². The monoisotopic (exact) mass is 309 g/mol. The molecule has 0 heterocycles. The summed E-state index contributed by atoms with van der Waals surface area (Å²) in [4.78, 5) is 12.1. The smallest absolute Gasteiger partial charge is 0.416 e. The molecule has 0 bridgehead atoms. The molecule has 1 N–H and O–H groups in total. The maximum atomic E-state index is 12.5. The minimum absolute atomic E-state index is 0.298. The molecule has 0 unspecified atom stereocenters. The first kappa shape index (κ1) is 15.9. The van der Waals surface area contributed by atoms with Crippen LogP contribution in [0.25, 0.3) is 0 Å². The van der Waals surface area contributed by atoms with Crippen LogP contribution >= 0.6 is 0 Å². The summed E-state index contributed by atoms with van der Waals surface area (Å²) in [5.74, 6) is 0.261. The molecule has 0 fully saturated rings. The number of anilines is 1. The lowest BCUT2D eigenvalue weighted by Crippen LogP contribution is -2.12. The van der Waals surface area contributed by atoms with Gasteiger partial charge in [0.1, 0.15) is 5.75 Å². The van der Waals surface area contributed by atoms with Crippen LogP contribution < -0.4 is 10.1 Å². The van der Waals surface area contributed by atoms with E-state index in [1.165, 1.54) is 19.2 Å². The van der Waals surface area contributed by atoms with E-state index in [0.29, 0.717) is 17.0 Å². The van der Waals surface area contributed by atoms with Gasteiger partial charge in [-0.1, -0.05) is 0 Å². The third-order valence-electron chi connectivity index (χ3n) is 3.13. The van der Waals surface area contributed by atoms with E-state index in [1.54, 1.807) is 25.1 Å². The largest absolute Gasteiger partial charge is 0.496 e. The molecule has 0 aliphatic heterocycles. The first-order valence-corrected chi connectivity index (χ1v) is 6.44. The molecule has 0 atom stereocenters. The summed E-state index contributed by atoms with van der Waals surface area (Å²) >= 11 is 0. The number of nitrogens with one attached hydrogen (secondary N) is 1. The van der Waals surface area contributed by atoms with Gasteiger partial charge in [0.2, 0.25) is 0 Å². The third-order valence-corrected chi connectivity index (χ3v) is 3.13. The lowest BCUT2D eigenvalue weighted by Gasteiger charge is -2.10. The van der Waals surface area contributed by atoms with Gasteiger partial charge in [-0.25, -0.2) is 0 Å². The molecule has 3 nitrogen and oxygen atoms in total. The Morgan fingerprint density at radius 2 is 1.73 bits per heavy atom. The van der Waals surface area contributed by atoms with E-state index >= 15 is 0 Å². The first-order chi connectivity index (χ1) is 10.3. The number of amides is 1. The van der Waals surface area contributed by atoms with Crippen LogP contribution in [0.1, 0.15) is 21.5 Å². The highest BCUT2D eigenvalue weighted by Crippen LogP contribution is 2.30. The van der Waals surface area contributed by atoms with Crippen molar-refractivity contribution in [2.24, 2.45) is 0 Å². The van der Waals surface area contributed by atoms with Gasteiger partial charge in [0, 0.05) is 11.3 Å². The predicted octanol–water partition coefficient (Wildman–Crippen LogP) is 4.27. The first-order valence-electron chi connectivity index (χ1n) is 6.44. The lowest BCUT2D eigenvalue weighted by molar-refractivity contribution is -0.137. The van der Waals surface area contributed by atoms with E-state index in [1.807, 2.05) is 0 Å². The molecule has 0 saturated carbocycles. The maximum absolute atomic E-state index is 12.5. The second kappa shape index (κ2) is 6.09. The fourth-order valence-electron chi connectivity index (χ4n) is 1.97. The fraction of sp³-hybridized carbons (Fsp3) is 0.188. The van der Waals surface area contributed by atoms with Crippen molar-refractivity contribution in [2.75, 3.05) is 12.4 Å². The highest BCUT2D eigenvalue weighted by Gasteiger charge is 2.29. The van der Waals surface area contributed by atoms with Crippen LogP contribution in [0.5, 0.6) is 5.75 Å². The molecule has 1 amide bonds. The molecule has 0 radical (unpaired) electrons. The number of methoxy groups -OCH3 is 1. The Kier molecular flexibility index (Phi) is 4.40. The molecule has 0 aromatic heterocycles. The molecule has 0 aliphatic rings. The van der Waals surface area contributed by atoms with Gasteiger partial charge in [0.05, 0.1) is 12.7 Å². The Hall–Kier alpha value is -2.50. The third kappa shape index (κ3) is 3.58. The van der Waals surface area contributed by atoms with Crippen LogP contribution in [0.4, 0.5) is 18.9 Å². The van der Waals surface area contributed by atoms with Gasteiger partial charge in [-0.15, -0.1) is 0 Å². The van der Waals surface area contributed by atoms with E-state index in [0.717, 1.165) is 17.7 Å². The normalized spacial score (nSPS) is 11.1. The van der Waals surface area contributed by atoms with Crippen LogP contribution in [-0.4, -0.2) is 13.0 Å². The van der Waals surface area contributed by atoms with Crippen LogP contribution in [-0.2, 0) is 6.18 Å². The van der Waals surface area contributed by atoms with E-state index in [4.69, 9.17) is 4.74 Å². The molecule has 6 heteroatoms. The molecule has 2 aromatic carbocycles. The quantitative estimate of drug-likeness (QED) is 0.919. The van der Waals surface area contributed by atoms with E-state index in [2.05, 4.69) is 5.32 Å². The SMILES string of the molecule is COc1ccc(C(=O)Nc2ccc(C(F)(F)F)cc2)cc1C. The van der Waals surface area contributed by atoms with E-state index < -0.39 is 17.6 Å². The summed E-state index contributed by atoms with van der Waals surface area (Å²) in [5, 5.41) is 2.55. The maximum Gasteiger partial charge on any atom is 0.416 e. The van der Waals surface area contributed by atoms with E-state index in [9.17, 15) is 18.0 Å².